The summed E-state index contributed by atoms with van der Waals surface area (Å²) in [7, 11) is 0. The summed E-state index contributed by atoms with van der Waals surface area (Å²) in [4.78, 5) is 12.7. The maximum Gasteiger partial charge on any atom is 0.249 e. The second-order valence-corrected chi connectivity index (χ2v) is 23.5. The maximum atomic E-state index is 12.7. The molecule has 0 aromatic rings. The minimum atomic E-state index is -1.26. The predicted octanol–water partition coefficient (Wildman–Crippen LogP) is 20.5. The summed E-state index contributed by atoms with van der Waals surface area (Å²) < 4.78 is 0. The molecule has 6 heteroatoms. The fourth-order valence-electron chi connectivity index (χ4n) is 10.9. The molecule has 5 N–H and O–H groups in total. The zero-order valence-corrected chi connectivity index (χ0v) is 50.1. The Morgan fingerprint density at radius 2 is 0.581 bits per heavy atom. The molecule has 0 saturated carbocycles. The molecule has 0 aliphatic rings. The smallest absolute Gasteiger partial charge is 0.249 e. The molecule has 0 aromatic heterocycles. The summed E-state index contributed by atoms with van der Waals surface area (Å²) in [5.41, 5.74) is 0. The van der Waals surface area contributed by atoms with Gasteiger partial charge in [-0.25, -0.2) is 0 Å². The standard InChI is InChI=1S/C68H133NO5/c1-3-5-7-9-11-13-15-17-19-21-23-25-27-29-31-33-34-36-37-39-41-43-45-47-49-51-53-55-57-59-61-65(71)67(73)64(63-70)69-68(74)66(72)62-60-58-56-54-52-50-48-46-44-42-40-38-35-32-30-28-26-24-22-20-18-16-14-12-10-8-6-4-2/h24,26,30,32,64-67,70-73H,3-23,25,27-29,31,33-63H2,1-2H3,(H,69,74)/b26-24-,32-30-. The molecule has 6 nitrogen and oxygen atoms in total. The Morgan fingerprint density at radius 1 is 0.338 bits per heavy atom. The van der Waals surface area contributed by atoms with Crippen molar-refractivity contribution in [2.75, 3.05) is 6.61 Å². The molecular weight excluding hydrogens is 911 g/mol. The van der Waals surface area contributed by atoms with Crippen molar-refractivity contribution < 1.29 is 25.2 Å². The molecular formula is C68H133NO5. The summed E-state index contributed by atoms with van der Waals surface area (Å²) in [6.45, 7) is 4.10. The molecule has 0 spiro atoms. The lowest BCUT2D eigenvalue weighted by Gasteiger charge is -2.27. The van der Waals surface area contributed by atoms with Gasteiger partial charge in [0.05, 0.1) is 18.8 Å². The van der Waals surface area contributed by atoms with Gasteiger partial charge in [0.15, 0.2) is 0 Å². The van der Waals surface area contributed by atoms with Gasteiger partial charge in [0, 0.05) is 0 Å². The SMILES string of the molecule is CCCCCCCCCCC/C=C\C/C=C\CCCCCCCCCCCCCCC(O)C(=O)NC(CO)C(O)C(O)CCCCCCCCCCCCCCCCCCCCCCCCCCCCCCCC. The number of hydrogen-bond donors (Lipinski definition) is 5. The van der Waals surface area contributed by atoms with Crippen molar-refractivity contribution in [3.05, 3.63) is 24.3 Å². The molecule has 0 aromatic carbocycles. The predicted molar refractivity (Wildman–Crippen MR) is 325 cm³/mol. The first kappa shape index (κ1) is 72.8. The van der Waals surface area contributed by atoms with E-state index in [2.05, 4.69) is 43.5 Å². The zero-order valence-electron chi connectivity index (χ0n) is 50.1. The average molecular weight is 1040 g/mol. The van der Waals surface area contributed by atoms with Crippen LogP contribution in [0.1, 0.15) is 373 Å². The number of carbonyl (C=O) groups excluding carboxylic acids is 1. The number of nitrogens with one attached hydrogen (secondary N) is 1. The Bertz CT molecular complexity index is 1130. The molecule has 4 unspecified atom stereocenters. The summed E-state index contributed by atoms with van der Waals surface area (Å²) in [5.74, 6) is -0.579. The first-order chi connectivity index (χ1) is 36.5. The van der Waals surface area contributed by atoms with Crippen molar-refractivity contribution in [1.82, 2.24) is 5.32 Å². The number of aliphatic hydroxyl groups excluding tert-OH is 4. The molecule has 0 fully saturated rings. The molecule has 1 amide bonds. The van der Waals surface area contributed by atoms with Gasteiger partial charge in [-0.3, -0.25) is 4.79 Å². The van der Waals surface area contributed by atoms with Crippen LogP contribution in [0.5, 0.6) is 0 Å². The van der Waals surface area contributed by atoms with Crippen LogP contribution < -0.4 is 5.32 Å². The van der Waals surface area contributed by atoms with Crippen molar-refractivity contribution in [3.8, 4) is 0 Å². The number of amides is 1. The van der Waals surface area contributed by atoms with Gasteiger partial charge in [-0.05, 0) is 44.9 Å². The monoisotopic (exact) mass is 1040 g/mol. The van der Waals surface area contributed by atoms with Crippen molar-refractivity contribution in [1.29, 1.82) is 0 Å². The number of unbranched alkanes of at least 4 members (excludes halogenated alkanes) is 50. The van der Waals surface area contributed by atoms with E-state index in [0.29, 0.717) is 12.8 Å². The largest absolute Gasteiger partial charge is 0.394 e. The highest BCUT2D eigenvalue weighted by Gasteiger charge is 2.28. The molecule has 0 aliphatic carbocycles. The van der Waals surface area contributed by atoms with Crippen molar-refractivity contribution in [2.45, 2.75) is 398 Å². The van der Waals surface area contributed by atoms with Gasteiger partial charge in [-0.1, -0.05) is 353 Å². The Balaban J connectivity index is 3.55. The van der Waals surface area contributed by atoms with E-state index >= 15 is 0 Å². The van der Waals surface area contributed by atoms with E-state index in [1.54, 1.807) is 0 Å². The normalized spacial score (nSPS) is 13.6. The van der Waals surface area contributed by atoms with Gasteiger partial charge >= 0.3 is 0 Å². The van der Waals surface area contributed by atoms with Crippen LogP contribution in [0.2, 0.25) is 0 Å². The van der Waals surface area contributed by atoms with Crippen molar-refractivity contribution in [2.24, 2.45) is 0 Å². The second kappa shape index (κ2) is 62.6. The van der Waals surface area contributed by atoms with Crippen LogP contribution >= 0.6 is 0 Å². The van der Waals surface area contributed by atoms with E-state index in [0.717, 1.165) is 44.9 Å². The van der Waals surface area contributed by atoms with Crippen LogP contribution in [0, 0.1) is 0 Å². The number of allylic oxidation sites excluding steroid dienone is 4. The van der Waals surface area contributed by atoms with Gasteiger partial charge < -0.3 is 25.7 Å². The van der Waals surface area contributed by atoms with Crippen molar-refractivity contribution >= 4 is 5.91 Å². The van der Waals surface area contributed by atoms with E-state index in [9.17, 15) is 25.2 Å². The summed E-state index contributed by atoms with van der Waals surface area (Å²) in [5, 5.41) is 44.2. The van der Waals surface area contributed by atoms with E-state index in [1.807, 2.05) is 0 Å². The first-order valence-corrected chi connectivity index (χ1v) is 33.7. The highest BCUT2D eigenvalue weighted by molar-refractivity contribution is 5.80. The van der Waals surface area contributed by atoms with E-state index in [4.69, 9.17) is 0 Å². The van der Waals surface area contributed by atoms with E-state index < -0.39 is 36.9 Å². The molecule has 0 aliphatic heterocycles. The molecule has 4 atom stereocenters. The van der Waals surface area contributed by atoms with Gasteiger partial charge in [0.1, 0.15) is 12.2 Å². The van der Waals surface area contributed by atoms with Crippen LogP contribution in [0.3, 0.4) is 0 Å². The topological polar surface area (TPSA) is 110 Å². The van der Waals surface area contributed by atoms with Gasteiger partial charge in [-0.15, -0.1) is 0 Å². The fourth-order valence-corrected chi connectivity index (χ4v) is 10.9. The second-order valence-electron chi connectivity index (χ2n) is 23.5. The van der Waals surface area contributed by atoms with Gasteiger partial charge in [0.25, 0.3) is 0 Å². The summed E-state index contributed by atoms with van der Waals surface area (Å²) >= 11 is 0. The Morgan fingerprint density at radius 3 is 0.851 bits per heavy atom. The van der Waals surface area contributed by atoms with E-state index in [1.165, 1.54) is 302 Å². The Kier molecular flexibility index (Phi) is 61.6. The average Bonchev–Trinajstić information content (AvgIpc) is 3.41. The quantitative estimate of drug-likeness (QED) is 0.0308. The zero-order chi connectivity index (χ0) is 53.7. The van der Waals surface area contributed by atoms with Crippen LogP contribution in [-0.4, -0.2) is 57.3 Å². The molecule has 0 saturated heterocycles. The lowest BCUT2D eigenvalue weighted by Crippen LogP contribution is -2.53. The van der Waals surface area contributed by atoms with Gasteiger partial charge in [-0.2, -0.15) is 0 Å². The van der Waals surface area contributed by atoms with Gasteiger partial charge in [0.2, 0.25) is 5.91 Å². The molecule has 0 radical (unpaired) electrons. The summed E-state index contributed by atoms with van der Waals surface area (Å²) in [6, 6.07) is -0.987. The Hall–Kier alpha value is -1.21. The number of aliphatic hydroxyl groups is 4. The lowest BCUT2D eigenvalue weighted by atomic mass is 9.99. The number of carbonyl (C=O) groups is 1. The van der Waals surface area contributed by atoms with E-state index in [-0.39, 0.29) is 0 Å². The first-order valence-electron chi connectivity index (χ1n) is 33.7. The summed E-state index contributed by atoms with van der Waals surface area (Å²) in [6.07, 6.45) is 78.6. The number of hydrogen-bond acceptors (Lipinski definition) is 5. The third kappa shape index (κ3) is 55.5. The molecule has 0 rings (SSSR count). The maximum absolute atomic E-state index is 12.7. The van der Waals surface area contributed by atoms with Crippen LogP contribution in [-0.2, 0) is 4.79 Å². The minimum absolute atomic E-state index is 0.370. The minimum Gasteiger partial charge on any atom is -0.394 e. The third-order valence-electron chi connectivity index (χ3n) is 16.2. The molecule has 74 heavy (non-hydrogen) atoms. The molecule has 0 bridgehead atoms. The molecule has 440 valence electrons. The van der Waals surface area contributed by atoms with Crippen LogP contribution in [0.25, 0.3) is 0 Å². The highest BCUT2D eigenvalue weighted by Crippen LogP contribution is 2.19. The van der Waals surface area contributed by atoms with Crippen LogP contribution in [0.15, 0.2) is 24.3 Å². The lowest BCUT2D eigenvalue weighted by molar-refractivity contribution is -0.132. The van der Waals surface area contributed by atoms with Crippen LogP contribution in [0.4, 0.5) is 0 Å². The Labute approximate surface area is 463 Å². The highest BCUT2D eigenvalue weighted by atomic mass is 16.3. The molecule has 0 heterocycles. The van der Waals surface area contributed by atoms with Crippen molar-refractivity contribution in [3.63, 3.8) is 0 Å². The fraction of sp³-hybridized carbons (Fsp3) is 0.926. The third-order valence-corrected chi connectivity index (χ3v) is 16.2. The number of rotatable bonds is 63.